The van der Waals surface area contributed by atoms with Gasteiger partial charge in [-0.05, 0) is 18.6 Å². The van der Waals surface area contributed by atoms with Crippen LogP contribution in [0.4, 0.5) is 0 Å². The quantitative estimate of drug-likeness (QED) is 0.910. The normalized spacial score (nSPS) is 12.7. The van der Waals surface area contributed by atoms with Crippen molar-refractivity contribution in [1.82, 2.24) is 9.78 Å². The lowest BCUT2D eigenvalue weighted by atomic mass is 10.1. The summed E-state index contributed by atoms with van der Waals surface area (Å²) in [6.45, 7) is 2.04. The zero-order chi connectivity index (χ0) is 12.4. The Morgan fingerprint density at radius 2 is 2.12 bits per heavy atom. The molecule has 0 aliphatic rings. The molecule has 0 aliphatic heterocycles. The molecule has 17 heavy (non-hydrogen) atoms. The van der Waals surface area contributed by atoms with E-state index in [1.54, 1.807) is 10.7 Å². The Morgan fingerprint density at radius 1 is 1.41 bits per heavy atom. The van der Waals surface area contributed by atoms with Gasteiger partial charge in [0.05, 0.1) is 11.4 Å². The summed E-state index contributed by atoms with van der Waals surface area (Å²) in [5.74, 6) is 0. The molecule has 1 N–H and O–H groups in total. The first kappa shape index (κ1) is 12.1. The Balaban J connectivity index is 2.40. The van der Waals surface area contributed by atoms with Crippen LogP contribution in [-0.2, 0) is 13.5 Å². The van der Waals surface area contributed by atoms with Crippen molar-refractivity contribution in [2.24, 2.45) is 7.05 Å². The topological polar surface area (TPSA) is 38.0 Å². The molecule has 1 heterocycles. The van der Waals surface area contributed by atoms with E-state index < -0.39 is 6.10 Å². The predicted molar refractivity (Wildman–Crippen MR) is 68.1 cm³/mol. The Morgan fingerprint density at radius 3 is 2.71 bits per heavy atom. The van der Waals surface area contributed by atoms with E-state index >= 15 is 0 Å². The van der Waals surface area contributed by atoms with Gasteiger partial charge in [-0.25, -0.2) is 0 Å². The Labute approximate surface area is 106 Å². The first-order valence-corrected chi connectivity index (χ1v) is 5.96. The SMILES string of the molecule is CCc1cc(C(O)c2ccccc2Cl)n(C)n1. The van der Waals surface area contributed by atoms with Crippen molar-refractivity contribution in [3.8, 4) is 0 Å². The van der Waals surface area contributed by atoms with E-state index in [2.05, 4.69) is 5.10 Å². The number of rotatable bonds is 3. The molecule has 2 aromatic rings. The van der Waals surface area contributed by atoms with E-state index in [1.165, 1.54) is 0 Å². The molecular formula is C13H15ClN2O. The van der Waals surface area contributed by atoms with Crippen molar-refractivity contribution >= 4 is 11.6 Å². The van der Waals surface area contributed by atoms with Crippen molar-refractivity contribution in [2.75, 3.05) is 0 Å². The summed E-state index contributed by atoms with van der Waals surface area (Å²) in [5.41, 5.74) is 2.43. The summed E-state index contributed by atoms with van der Waals surface area (Å²) in [7, 11) is 1.83. The van der Waals surface area contributed by atoms with Gasteiger partial charge in [-0.2, -0.15) is 5.10 Å². The van der Waals surface area contributed by atoms with Crippen LogP contribution >= 0.6 is 11.6 Å². The number of aliphatic hydroxyl groups is 1. The van der Waals surface area contributed by atoms with Gasteiger partial charge in [-0.15, -0.1) is 0 Å². The molecule has 4 heteroatoms. The third-order valence-corrected chi connectivity index (χ3v) is 3.15. The van der Waals surface area contributed by atoms with Crippen LogP contribution in [0.3, 0.4) is 0 Å². The fourth-order valence-electron chi connectivity index (χ4n) is 1.83. The largest absolute Gasteiger partial charge is 0.382 e. The molecule has 3 nitrogen and oxygen atoms in total. The highest BCUT2D eigenvalue weighted by Crippen LogP contribution is 2.28. The van der Waals surface area contributed by atoms with E-state index in [-0.39, 0.29) is 0 Å². The number of nitrogens with zero attached hydrogens (tertiary/aromatic N) is 2. The molecule has 0 fully saturated rings. The predicted octanol–water partition coefficient (Wildman–Crippen LogP) is 2.72. The highest BCUT2D eigenvalue weighted by molar-refractivity contribution is 6.31. The summed E-state index contributed by atoms with van der Waals surface area (Å²) in [4.78, 5) is 0. The number of hydrogen-bond acceptors (Lipinski definition) is 2. The van der Waals surface area contributed by atoms with Gasteiger partial charge in [0.15, 0.2) is 0 Å². The lowest BCUT2D eigenvalue weighted by Crippen LogP contribution is -2.06. The van der Waals surface area contributed by atoms with Gasteiger partial charge in [0.2, 0.25) is 0 Å². The molecule has 1 atom stereocenters. The van der Waals surface area contributed by atoms with E-state index in [9.17, 15) is 5.11 Å². The molecule has 0 saturated carbocycles. The second-order valence-corrected chi connectivity index (χ2v) is 4.37. The van der Waals surface area contributed by atoms with Crippen molar-refractivity contribution in [3.63, 3.8) is 0 Å². The lowest BCUT2D eigenvalue weighted by molar-refractivity contribution is 0.210. The first-order valence-electron chi connectivity index (χ1n) is 5.58. The molecular weight excluding hydrogens is 236 g/mol. The van der Waals surface area contributed by atoms with Crippen LogP contribution in [0.2, 0.25) is 5.02 Å². The van der Waals surface area contributed by atoms with Crippen molar-refractivity contribution in [2.45, 2.75) is 19.4 Å². The van der Waals surface area contributed by atoms with E-state index in [1.807, 2.05) is 38.2 Å². The zero-order valence-corrected chi connectivity index (χ0v) is 10.6. The van der Waals surface area contributed by atoms with E-state index in [0.717, 1.165) is 17.8 Å². The number of halogens is 1. The number of aromatic nitrogens is 2. The molecule has 0 spiro atoms. The molecule has 0 radical (unpaired) electrons. The Bertz CT molecular complexity index is 522. The van der Waals surface area contributed by atoms with Crippen LogP contribution in [0.5, 0.6) is 0 Å². The summed E-state index contributed by atoms with van der Waals surface area (Å²) < 4.78 is 1.70. The van der Waals surface area contributed by atoms with Gasteiger partial charge < -0.3 is 5.11 Å². The van der Waals surface area contributed by atoms with Crippen LogP contribution in [0.25, 0.3) is 0 Å². The third-order valence-electron chi connectivity index (χ3n) is 2.81. The molecule has 1 unspecified atom stereocenters. The number of hydrogen-bond donors (Lipinski definition) is 1. The molecule has 0 saturated heterocycles. The second-order valence-electron chi connectivity index (χ2n) is 3.96. The van der Waals surface area contributed by atoms with Gasteiger partial charge in [0, 0.05) is 17.6 Å². The summed E-state index contributed by atoms with van der Waals surface area (Å²) in [6.07, 6.45) is 0.116. The summed E-state index contributed by atoms with van der Waals surface area (Å²) >= 11 is 6.07. The zero-order valence-electron chi connectivity index (χ0n) is 9.89. The second kappa shape index (κ2) is 4.90. The maximum absolute atomic E-state index is 10.3. The van der Waals surface area contributed by atoms with Crippen molar-refractivity contribution in [3.05, 3.63) is 52.3 Å². The van der Waals surface area contributed by atoms with Crippen LogP contribution in [0, 0.1) is 0 Å². The maximum Gasteiger partial charge on any atom is 0.122 e. The molecule has 2 rings (SSSR count). The fraction of sp³-hybridized carbons (Fsp3) is 0.308. The Kier molecular flexibility index (Phi) is 3.50. The van der Waals surface area contributed by atoms with Gasteiger partial charge >= 0.3 is 0 Å². The fourth-order valence-corrected chi connectivity index (χ4v) is 2.07. The van der Waals surface area contributed by atoms with Gasteiger partial charge in [0.25, 0.3) is 0 Å². The average Bonchev–Trinajstić information content (AvgIpc) is 2.70. The summed E-state index contributed by atoms with van der Waals surface area (Å²) in [5, 5.41) is 15.2. The smallest absolute Gasteiger partial charge is 0.122 e. The highest BCUT2D eigenvalue weighted by atomic mass is 35.5. The average molecular weight is 251 g/mol. The molecule has 0 aliphatic carbocycles. The minimum atomic E-state index is -0.735. The molecule has 1 aromatic carbocycles. The summed E-state index contributed by atoms with van der Waals surface area (Å²) in [6, 6.07) is 9.22. The van der Waals surface area contributed by atoms with E-state index in [4.69, 9.17) is 11.6 Å². The Hall–Kier alpha value is -1.32. The van der Waals surface area contributed by atoms with Crippen molar-refractivity contribution in [1.29, 1.82) is 0 Å². The first-order chi connectivity index (χ1) is 8.13. The van der Waals surface area contributed by atoms with Crippen LogP contribution in [0.15, 0.2) is 30.3 Å². The van der Waals surface area contributed by atoms with Gasteiger partial charge in [-0.1, -0.05) is 36.7 Å². The lowest BCUT2D eigenvalue weighted by Gasteiger charge is -2.12. The standard InChI is InChI=1S/C13H15ClN2O/c1-3-9-8-12(16(2)15-9)13(17)10-6-4-5-7-11(10)14/h4-8,13,17H,3H2,1-2H3. The minimum absolute atomic E-state index is 0.569. The molecule has 0 bridgehead atoms. The molecule has 0 amide bonds. The number of aliphatic hydroxyl groups excluding tert-OH is 1. The number of aryl methyl sites for hydroxylation is 2. The van der Waals surface area contributed by atoms with Crippen LogP contribution < -0.4 is 0 Å². The van der Waals surface area contributed by atoms with E-state index in [0.29, 0.717) is 10.6 Å². The number of benzene rings is 1. The van der Waals surface area contributed by atoms with Crippen LogP contribution in [0.1, 0.15) is 30.0 Å². The van der Waals surface area contributed by atoms with Crippen LogP contribution in [-0.4, -0.2) is 14.9 Å². The van der Waals surface area contributed by atoms with Gasteiger partial charge in [-0.3, -0.25) is 4.68 Å². The maximum atomic E-state index is 10.3. The third kappa shape index (κ3) is 2.35. The van der Waals surface area contributed by atoms with Crippen molar-refractivity contribution < 1.29 is 5.11 Å². The molecule has 1 aromatic heterocycles. The monoisotopic (exact) mass is 250 g/mol. The minimum Gasteiger partial charge on any atom is -0.382 e. The molecule has 90 valence electrons. The highest BCUT2D eigenvalue weighted by Gasteiger charge is 2.17. The van der Waals surface area contributed by atoms with Gasteiger partial charge in [0.1, 0.15) is 6.10 Å².